The number of rotatable bonds is 4. The molecule has 0 radical (unpaired) electrons. The van der Waals surface area contributed by atoms with E-state index >= 15 is 0 Å². The van der Waals surface area contributed by atoms with Gasteiger partial charge in [-0.25, -0.2) is 15.0 Å². The summed E-state index contributed by atoms with van der Waals surface area (Å²) in [6.07, 6.45) is 1.85. The summed E-state index contributed by atoms with van der Waals surface area (Å²) in [7, 11) is 3.79. The highest BCUT2D eigenvalue weighted by molar-refractivity contribution is 6.11. The number of fused-ring (bicyclic) bond motifs is 3. The molecule has 2 aromatic heterocycles. The smallest absolute Gasteiger partial charge is 0.166 e. The molecule has 4 rings (SSSR count). The van der Waals surface area contributed by atoms with Gasteiger partial charge in [-0.2, -0.15) is 0 Å². The Morgan fingerprint density at radius 3 is 2.88 bits per heavy atom. The summed E-state index contributed by atoms with van der Waals surface area (Å²) in [4.78, 5) is 15.1. The van der Waals surface area contributed by atoms with Crippen molar-refractivity contribution in [3.05, 3.63) is 30.6 Å². The van der Waals surface area contributed by atoms with Crippen LogP contribution in [0.15, 0.2) is 35.6 Å². The first kappa shape index (κ1) is 16.9. The number of nitrogens with zero attached hydrogens (tertiary/aromatic N) is 5. The van der Waals surface area contributed by atoms with E-state index in [2.05, 4.69) is 15.0 Å². The van der Waals surface area contributed by atoms with Gasteiger partial charge in [0.05, 0.1) is 30.0 Å². The van der Waals surface area contributed by atoms with Crippen LogP contribution in [0.2, 0.25) is 0 Å². The van der Waals surface area contributed by atoms with Gasteiger partial charge in [-0.05, 0) is 6.07 Å². The Morgan fingerprint density at radius 2 is 2.15 bits per heavy atom. The zero-order valence-corrected chi connectivity index (χ0v) is 14.6. The molecule has 0 bridgehead atoms. The second-order valence-electron chi connectivity index (χ2n) is 6.61. The minimum Gasteiger partial charge on any atom is -0.394 e. The lowest BCUT2D eigenvalue weighted by Crippen LogP contribution is -2.24. The van der Waals surface area contributed by atoms with Crippen molar-refractivity contribution in [2.75, 3.05) is 20.7 Å². The van der Waals surface area contributed by atoms with E-state index in [-0.39, 0.29) is 6.61 Å². The molecule has 1 aliphatic rings. The van der Waals surface area contributed by atoms with Crippen LogP contribution in [-0.2, 0) is 4.74 Å². The average Bonchev–Trinajstić information content (AvgIpc) is 3.17. The molecule has 26 heavy (non-hydrogen) atoms. The number of aromatic nitrogens is 3. The van der Waals surface area contributed by atoms with E-state index in [9.17, 15) is 10.2 Å². The second-order valence-corrected chi connectivity index (χ2v) is 6.61. The summed E-state index contributed by atoms with van der Waals surface area (Å²) in [5.41, 5.74) is 1.63. The van der Waals surface area contributed by atoms with Crippen LogP contribution in [0.25, 0.3) is 21.9 Å². The Kier molecular flexibility index (Phi) is 4.31. The number of aliphatic hydroxyl groups excluding tert-OH is 2. The van der Waals surface area contributed by atoms with Crippen LogP contribution in [0.5, 0.6) is 0 Å². The van der Waals surface area contributed by atoms with E-state index in [1.165, 1.54) is 6.33 Å². The summed E-state index contributed by atoms with van der Waals surface area (Å²) in [5.74, 6) is 0.580. The van der Waals surface area contributed by atoms with Gasteiger partial charge in [0.2, 0.25) is 0 Å². The first-order valence-electron chi connectivity index (χ1n) is 8.48. The maximum absolute atomic E-state index is 10.1. The minimum absolute atomic E-state index is 0.220. The highest BCUT2D eigenvalue weighted by atomic mass is 16.5. The molecule has 1 fully saturated rings. The van der Waals surface area contributed by atoms with Gasteiger partial charge >= 0.3 is 0 Å². The summed E-state index contributed by atoms with van der Waals surface area (Å²) < 4.78 is 7.84. The van der Waals surface area contributed by atoms with Crippen LogP contribution in [-0.4, -0.2) is 68.9 Å². The van der Waals surface area contributed by atoms with Crippen molar-refractivity contribution in [3.63, 3.8) is 0 Å². The molecule has 1 aliphatic heterocycles. The number of aliphatic hydroxyl groups is 2. The fourth-order valence-electron chi connectivity index (χ4n) is 3.40. The SMILES string of the molecule is CN(C)/C=N\c1ncnc2c1c1ccccc1n2[C@H]1C[C@@H](O)[C@@H](CO)O1. The van der Waals surface area contributed by atoms with E-state index < -0.39 is 18.4 Å². The Hall–Kier alpha value is -2.55. The standard InChI is InChI=1S/C18H21N5O3/c1-22(2)10-21-17-16-11-5-3-4-6-12(11)23(18(16)20-9-19-17)15-7-13(25)14(8-24)26-15/h3-6,9-10,13-15,24-25H,7-8H2,1-2H3/b21-10-/t13-,14-,15-/m1/s1. The van der Waals surface area contributed by atoms with Gasteiger partial charge in [0.1, 0.15) is 24.3 Å². The monoisotopic (exact) mass is 355 g/mol. The van der Waals surface area contributed by atoms with Crippen molar-refractivity contribution in [1.82, 2.24) is 19.4 Å². The third-order valence-electron chi connectivity index (χ3n) is 4.55. The van der Waals surface area contributed by atoms with Gasteiger partial charge in [0, 0.05) is 25.9 Å². The van der Waals surface area contributed by atoms with E-state index in [4.69, 9.17) is 4.74 Å². The number of para-hydroxylation sites is 1. The highest BCUT2D eigenvalue weighted by Crippen LogP contribution is 2.39. The molecular formula is C18H21N5O3. The lowest BCUT2D eigenvalue weighted by atomic mass is 10.2. The van der Waals surface area contributed by atoms with Gasteiger partial charge in [-0.1, -0.05) is 18.2 Å². The topological polar surface area (TPSA) is 96.0 Å². The fourth-order valence-corrected chi connectivity index (χ4v) is 3.40. The Bertz CT molecular complexity index is 968. The van der Waals surface area contributed by atoms with Crippen molar-refractivity contribution < 1.29 is 14.9 Å². The first-order valence-corrected chi connectivity index (χ1v) is 8.48. The molecule has 3 atom stereocenters. The van der Waals surface area contributed by atoms with Crippen molar-refractivity contribution in [2.24, 2.45) is 4.99 Å². The van der Waals surface area contributed by atoms with E-state index in [0.29, 0.717) is 17.9 Å². The molecule has 136 valence electrons. The normalized spacial score (nSPS) is 23.5. The van der Waals surface area contributed by atoms with Crippen molar-refractivity contribution in [3.8, 4) is 0 Å². The largest absolute Gasteiger partial charge is 0.394 e. The maximum Gasteiger partial charge on any atom is 0.166 e. The zero-order valence-electron chi connectivity index (χ0n) is 14.6. The third-order valence-corrected chi connectivity index (χ3v) is 4.55. The molecule has 3 aromatic rings. The van der Waals surface area contributed by atoms with Crippen LogP contribution in [0.4, 0.5) is 5.82 Å². The molecule has 0 unspecified atom stereocenters. The molecule has 0 aliphatic carbocycles. The molecule has 0 amide bonds. The quantitative estimate of drug-likeness (QED) is 0.543. The van der Waals surface area contributed by atoms with E-state index in [1.807, 2.05) is 47.8 Å². The number of aliphatic imine (C=N–C) groups is 1. The van der Waals surface area contributed by atoms with Crippen molar-refractivity contribution in [1.29, 1.82) is 0 Å². The van der Waals surface area contributed by atoms with Crippen LogP contribution >= 0.6 is 0 Å². The zero-order chi connectivity index (χ0) is 18.3. The van der Waals surface area contributed by atoms with Crippen LogP contribution in [0.3, 0.4) is 0 Å². The minimum atomic E-state index is -0.714. The molecule has 8 heteroatoms. The summed E-state index contributed by atoms with van der Waals surface area (Å²) in [6, 6.07) is 7.89. The molecule has 0 spiro atoms. The maximum atomic E-state index is 10.1. The molecule has 3 heterocycles. The number of hydrogen-bond donors (Lipinski definition) is 2. The molecule has 1 saturated heterocycles. The van der Waals surface area contributed by atoms with Crippen molar-refractivity contribution >= 4 is 34.1 Å². The van der Waals surface area contributed by atoms with Gasteiger partial charge in [0.15, 0.2) is 5.82 Å². The van der Waals surface area contributed by atoms with Gasteiger partial charge in [-0.3, -0.25) is 4.57 Å². The summed E-state index contributed by atoms with van der Waals surface area (Å²) >= 11 is 0. The van der Waals surface area contributed by atoms with E-state index in [0.717, 1.165) is 16.3 Å². The van der Waals surface area contributed by atoms with Crippen LogP contribution in [0.1, 0.15) is 12.6 Å². The lowest BCUT2D eigenvalue weighted by Gasteiger charge is -2.15. The molecule has 2 N–H and O–H groups in total. The Balaban J connectivity index is 1.94. The molecule has 0 saturated carbocycles. The highest BCUT2D eigenvalue weighted by Gasteiger charge is 2.36. The predicted molar refractivity (Wildman–Crippen MR) is 98.5 cm³/mol. The third kappa shape index (κ3) is 2.72. The van der Waals surface area contributed by atoms with Gasteiger partial charge in [0.25, 0.3) is 0 Å². The molecule has 8 nitrogen and oxygen atoms in total. The van der Waals surface area contributed by atoms with Crippen molar-refractivity contribution in [2.45, 2.75) is 24.9 Å². The van der Waals surface area contributed by atoms with Crippen LogP contribution in [0, 0.1) is 0 Å². The Morgan fingerprint density at radius 1 is 1.35 bits per heavy atom. The summed E-state index contributed by atoms with van der Waals surface area (Å²) in [5, 5.41) is 21.4. The predicted octanol–water partition coefficient (Wildman–Crippen LogP) is 1.45. The number of ether oxygens (including phenoxy) is 1. The second kappa shape index (κ2) is 6.64. The van der Waals surface area contributed by atoms with Gasteiger partial charge in [-0.15, -0.1) is 0 Å². The summed E-state index contributed by atoms with van der Waals surface area (Å²) in [6.45, 7) is -0.220. The lowest BCUT2D eigenvalue weighted by molar-refractivity contribution is -0.0417. The molecule has 1 aromatic carbocycles. The number of hydrogen-bond acceptors (Lipinski definition) is 6. The molecular weight excluding hydrogens is 334 g/mol. The average molecular weight is 355 g/mol. The Labute approximate surface area is 150 Å². The van der Waals surface area contributed by atoms with Gasteiger partial charge < -0.3 is 19.8 Å². The number of benzene rings is 1. The van der Waals surface area contributed by atoms with E-state index in [1.54, 1.807) is 6.34 Å². The van der Waals surface area contributed by atoms with Crippen LogP contribution < -0.4 is 0 Å². The first-order chi connectivity index (χ1) is 12.6. The fraction of sp³-hybridized carbons (Fsp3) is 0.389.